The molecule has 20 heavy (non-hydrogen) atoms. The Bertz CT molecular complexity index is 597. The molecule has 2 aromatic rings. The Hall–Kier alpha value is -1.82. The average molecular weight is 276 g/mol. The summed E-state index contributed by atoms with van der Waals surface area (Å²) in [5.41, 5.74) is 6.34. The molecule has 3 rings (SSSR count). The van der Waals surface area contributed by atoms with Crippen LogP contribution in [0.5, 0.6) is 0 Å². The van der Waals surface area contributed by atoms with Crippen molar-refractivity contribution in [2.45, 2.75) is 38.1 Å². The zero-order chi connectivity index (χ0) is 14.2. The molecule has 2 atom stereocenters. The summed E-state index contributed by atoms with van der Waals surface area (Å²) in [6, 6.07) is 2.84. The van der Waals surface area contributed by atoms with E-state index in [1.165, 1.54) is 18.6 Å². The van der Waals surface area contributed by atoms with Gasteiger partial charge in [-0.15, -0.1) is 0 Å². The highest BCUT2D eigenvalue weighted by Crippen LogP contribution is 2.37. The highest BCUT2D eigenvalue weighted by atomic mass is 19.1. The molecular weight excluding hydrogens is 259 g/mol. The van der Waals surface area contributed by atoms with Crippen LogP contribution in [0.25, 0.3) is 11.5 Å². The van der Waals surface area contributed by atoms with Gasteiger partial charge < -0.3 is 10.3 Å². The van der Waals surface area contributed by atoms with E-state index < -0.39 is 11.4 Å². The summed E-state index contributed by atoms with van der Waals surface area (Å²) in [6.07, 6.45) is 5.05. The maximum Gasteiger partial charge on any atom is 0.247 e. The number of hydrogen-bond acceptors (Lipinski definition) is 5. The van der Waals surface area contributed by atoms with Gasteiger partial charge in [0.05, 0.1) is 11.7 Å². The molecular formula is C14H17FN4O. The Balaban J connectivity index is 1.88. The molecule has 2 heterocycles. The van der Waals surface area contributed by atoms with Crippen molar-refractivity contribution in [3.63, 3.8) is 0 Å². The van der Waals surface area contributed by atoms with Gasteiger partial charge in [0.1, 0.15) is 11.5 Å². The molecule has 1 aliphatic carbocycles. The number of hydrogen-bond donors (Lipinski definition) is 1. The van der Waals surface area contributed by atoms with Gasteiger partial charge in [0, 0.05) is 0 Å². The maximum absolute atomic E-state index is 12.9. The number of aromatic nitrogens is 3. The van der Waals surface area contributed by atoms with Gasteiger partial charge in [-0.2, -0.15) is 4.98 Å². The molecule has 0 aromatic carbocycles. The van der Waals surface area contributed by atoms with E-state index in [1.54, 1.807) is 0 Å². The monoisotopic (exact) mass is 276 g/mol. The lowest BCUT2D eigenvalue weighted by molar-refractivity contribution is 0.183. The van der Waals surface area contributed by atoms with Gasteiger partial charge in [-0.1, -0.05) is 24.9 Å². The topological polar surface area (TPSA) is 77.8 Å². The molecule has 1 fully saturated rings. The third-order valence-corrected chi connectivity index (χ3v) is 3.84. The third kappa shape index (κ3) is 2.43. The summed E-state index contributed by atoms with van der Waals surface area (Å²) >= 11 is 0. The summed E-state index contributed by atoms with van der Waals surface area (Å²) in [4.78, 5) is 8.30. The lowest BCUT2D eigenvalue weighted by atomic mass is 9.77. The second-order valence-electron chi connectivity index (χ2n) is 5.64. The summed E-state index contributed by atoms with van der Waals surface area (Å²) in [6.45, 7) is 2.18. The first-order chi connectivity index (χ1) is 9.57. The van der Waals surface area contributed by atoms with Crippen LogP contribution in [-0.2, 0) is 5.54 Å². The molecule has 106 valence electrons. The van der Waals surface area contributed by atoms with E-state index in [4.69, 9.17) is 10.3 Å². The summed E-state index contributed by atoms with van der Waals surface area (Å²) in [5.74, 6) is 0.954. The molecule has 0 radical (unpaired) electrons. The molecule has 0 amide bonds. The number of nitrogens with two attached hydrogens (primary N) is 1. The molecule has 2 unspecified atom stereocenters. The Kier molecular flexibility index (Phi) is 3.25. The van der Waals surface area contributed by atoms with Gasteiger partial charge in [-0.25, -0.2) is 9.37 Å². The average Bonchev–Trinajstić information content (AvgIpc) is 2.90. The van der Waals surface area contributed by atoms with Crippen molar-refractivity contribution < 1.29 is 8.91 Å². The van der Waals surface area contributed by atoms with E-state index in [1.807, 2.05) is 0 Å². The van der Waals surface area contributed by atoms with Crippen molar-refractivity contribution in [3.8, 4) is 11.5 Å². The Labute approximate surface area is 116 Å². The van der Waals surface area contributed by atoms with E-state index >= 15 is 0 Å². The first-order valence-electron chi connectivity index (χ1n) is 6.82. The Morgan fingerprint density at radius 2 is 2.30 bits per heavy atom. The first kappa shape index (κ1) is 13.2. The minimum Gasteiger partial charge on any atom is -0.337 e. The van der Waals surface area contributed by atoms with Gasteiger partial charge >= 0.3 is 0 Å². The van der Waals surface area contributed by atoms with E-state index in [0.29, 0.717) is 23.3 Å². The van der Waals surface area contributed by atoms with Crippen molar-refractivity contribution in [1.29, 1.82) is 0 Å². The fourth-order valence-electron chi connectivity index (χ4n) is 2.82. The number of halogens is 1. The Morgan fingerprint density at radius 3 is 3.00 bits per heavy atom. The summed E-state index contributed by atoms with van der Waals surface area (Å²) in [7, 11) is 0. The van der Waals surface area contributed by atoms with Gasteiger partial charge in [0.15, 0.2) is 0 Å². The fraction of sp³-hybridized carbons (Fsp3) is 0.500. The van der Waals surface area contributed by atoms with E-state index in [9.17, 15) is 4.39 Å². The van der Waals surface area contributed by atoms with Gasteiger partial charge in [0.2, 0.25) is 11.7 Å². The number of pyridine rings is 1. The molecule has 0 spiro atoms. The lowest BCUT2D eigenvalue weighted by Gasteiger charge is -2.33. The lowest BCUT2D eigenvalue weighted by Crippen LogP contribution is -2.41. The SMILES string of the molecule is CC1CCCC(N)(c2nc(-c3ccc(F)cn3)no2)C1. The predicted octanol–water partition coefficient (Wildman–Crippen LogP) is 2.63. The largest absolute Gasteiger partial charge is 0.337 e. The molecule has 1 saturated carbocycles. The molecule has 2 N–H and O–H groups in total. The predicted molar refractivity (Wildman–Crippen MR) is 71.0 cm³/mol. The smallest absolute Gasteiger partial charge is 0.247 e. The van der Waals surface area contributed by atoms with Crippen LogP contribution in [0.1, 0.15) is 38.5 Å². The van der Waals surface area contributed by atoms with Crippen LogP contribution in [-0.4, -0.2) is 15.1 Å². The van der Waals surface area contributed by atoms with Crippen LogP contribution in [0.4, 0.5) is 4.39 Å². The zero-order valence-corrected chi connectivity index (χ0v) is 11.3. The molecule has 0 saturated heterocycles. The van der Waals surface area contributed by atoms with Crippen LogP contribution in [0.2, 0.25) is 0 Å². The minimum atomic E-state index is -0.553. The first-order valence-corrected chi connectivity index (χ1v) is 6.82. The van der Waals surface area contributed by atoms with Gasteiger partial charge in [-0.05, 0) is 30.9 Å². The molecule has 6 heteroatoms. The van der Waals surface area contributed by atoms with Crippen molar-refractivity contribution in [2.75, 3.05) is 0 Å². The van der Waals surface area contributed by atoms with Crippen molar-refractivity contribution >= 4 is 0 Å². The van der Waals surface area contributed by atoms with Crippen LogP contribution in [0.15, 0.2) is 22.9 Å². The second kappa shape index (κ2) is 4.94. The van der Waals surface area contributed by atoms with E-state index in [-0.39, 0.29) is 0 Å². The normalized spacial score (nSPS) is 26.6. The van der Waals surface area contributed by atoms with Crippen molar-refractivity contribution in [1.82, 2.24) is 15.1 Å². The summed E-state index contributed by atoms with van der Waals surface area (Å²) in [5, 5.41) is 3.91. The molecule has 0 bridgehead atoms. The Morgan fingerprint density at radius 1 is 1.45 bits per heavy atom. The molecule has 1 aliphatic rings. The highest BCUT2D eigenvalue weighted by molar-refractivity contribution is 5.47. The third-order valence-electron chi connectivity index (χ3n) is 3.84. The van der Waals surface area contributed by atoms with E-state index in [0.717, 1.165) is 25.5 Å². The standard InChI is InChI=1S/C14H17FN4O/c1-9-3-2-6-14(16,7-9)13-18-12(19-20-13)11-5-4-10(15)8-17-11/h4-5,8-9H,2-3,6-7,16H2,1H3. The maximum atomic E-state index is 12.9. The number of nitrogens with zero attached hydrogens (tertiary/aromatic N) is 3. The van der Waals surface area contributed by atoms with Crippen molar-refractivity contribution in [3.05, 3.63) is 30.0 Å². The van der Waals surface area contributed by atoms with Gasteiger partial charge in [-0.3, -0.25) is 0 Å². The fourth-order valence-corrected chi connectivity index (χ4v) is 2.82. The second-order valence-corrected chi connectivity index (χ2v) is 5.64. The van der Waals surface area contributed by atoms with Crippen LogP contribution >= 0.6 is 0 Å². The summed E-state index contributed by atoms with van der Waals surface area (Å²) < 4.78 is 18.2. The molecule has 5 nitrogen and oxygen atoms in total. The number of rotatable bonds is 2. The quantitative estimate of drug-likeness (QED) is 0.912. The van der Waals surface area contributed by atoms with Crippen LogP contribution in [0, 0.1) is 11.7 Å². The van der Waals surface area contributed by atoms with Crippen LogP contribution < -0.4 is 5.73 Å². The molecule has 2 aromatic heterocycles. The van der Waals surface area contributed by atoms with Crippen molar-refractivity contribution in [2.24, 2.45) is 11.7 Å². The molecule has 0 aliphatic heterocycles. The highest BCUT2D eigenvalue weighted by Gasteiger charge is 2.37. The zero-order valence-electron chi connectivity index (χ0n) is 11.3. The van der Waals surface area contributed by atoms with Crippen LogP contribution in [0.3, 0.4) is 0 Å². The minimum absolute atomic E-state index is 0.350. The van der Waals surface area contributed by atoms with E-state index in [2.05, 4.69) is 22.0 Å². The van der Waals surface area contributed by atoms with Gasteiger partial charge in [0.25, 0.3) is 0 Å².